The highest BCUT2D eigenvalue weighted by molar-refractivity contribution is 6.30. The highest BCUT2D eigenvalue weighted by Gasteiger charge is 2.47. The van der Waals surface area contributed by atoms with Gasteiger partial charge in [0.2, 0.25) is 5.88 Å². The molecule has 2 aliphatic heterocycles. The zero-order valence-electron chi connectivity index (χ0n) is 20.3. The van der Waals surface area contributed by atoms with Crippen LogP contribution in [0.4, 0.5) is 0 Å². The van der Waals surface area contributed by atoms with Crippen LogP contribution in [-0.2, 0) is 0 Å². The zero-order valence-corrected chi connectivity index (χ0v) is 21.0. The molecule has 0 spiro atoms. The Balaban J connectivity index is 1.71. The summed E-state index contributed by atoms with van der Waals surface area (Å²) in [5.41, 5.74) is 2.95. The standard InChI is InChI=1S/C25H29ClN6O3/c1-14(2)31-21-19(29-22(31)18-13-28-25(35-4)30-23(18)34-3)24(33)32(17-9-11-27-12-10-17)20(21)15-5-7-16(26)8-6-15/h5-8,13-14,17,20,27H,9-12H2,1-4H3. The third-order valence-electron chi connectivity index (χ3n) is 6.68. The van der Waals surface area contributed by atoms with E-state index >= 15 is 0 Å². The molecule has 5 rings (SSSR count). The molecule has 3 aromatic rings. The third kappa shape index (κ3) is 4.02. The monoisotopic (exact) mass is 496 g/mol. The van der Waals surface area contributed by atoms with Gasteiger partial charge in [-0.2, -0.15) is 4.98 Å². The highest BCUT2D eigenvalue weighted by Crippen LogP contribution is 2.45. The van der Waals surface area contributed by atoms with E-state index in [1.807, 2.05) is 29.2 Å². The Bertz CT molecular complexity index is 1240. The Morgan fingerprint density at radius 1 is 1.09 bits per heavy atom. The van der Waals surface area contributed by atoms with Gasteiger partial charge in [-0.25, -0.2) is 9.97 Å². The molecule has 0 aliphatic carbocycles. The Hall–Kier alpha value is -3.17. The normalized spacial score (nSPS) is 18.3. The van der Waals surface area contributed by atoms with E-state index in [1.54, 1.807) is 13.3 Å². The number of piperidine rings is 1. The number of nitrogens with one attached hydrogen (secondary N) is 1. The summed E-state index contributed by atoms with van der Waals surface area (Å²) in [6.07, 6.45) is 3.43. The number of benzene rings is 1. The lowest BCUT2D eigenvalue weighted by Gasteiger charge is -2.37. The summed E-state index contributed by atoms with van der Waals surface area (Å²) in [6.45, 7) is 5.93. The average molecular weight is 497 g/mol. The minimum atomic E-state index is -0.272. The van der Waals surface area contributed by atoms with Gasteiger partial charge in [0.25, 0.3) is 5.91 Å². The molecule has 1 saturated heterocycles. The summed E-state index contributed by atoms with van der Waals surface area (Å²) in [5.74, 6) is 0.885. The van der Waals surface area contributed by atoms with Crippen molar-refractivity contribution in [1.82, 2.24) is 29.7 Å². The lowest BCUT2D eigenvalue weighted by molar-refractivity contribution is 0.0612. The number of aromatic nitrogens is 4. The number of hydrogen-bond acceptors (Lipinski definition) is 7. The molecule has 184 valence electrons. The maximum atomic E-state index is 13.9. The van der Waals surface area contributed by atoms with Crippen LogP contribution in [0.1, 0.15) is 60.5 Å². The predicted octanol–water partition coefficient (Wildman–Crippen LogP) is 3.89. The van der Waals surface area contributed by atoms with Crippen LogP contribution >= 0.6 is 11.6 Å². The Morgan fingerprint density at radius 2 is 1.80 bits per heavy atom. The average Bonchev–Trinajstić information content (AvgIpc) is 3.40. The number of carbonyl (C=O) groups is 1. The van der Waals surface area contributed by atoms with E-state index in [2.05, 4.69) is 33.7 Å². The van der Waals surface area contributed by atoms with Crippen molar-refractivity contribution in [3.05, 3.63) is 52.4 Å². The fourth-order valence-corrected chi connectivity index (χ4v) is 5.26. The van der Waals surface area contributed by atoms with E-state index in [-0.39, 0.29) is 30.0 Å². The molecular weight excluding hydrogens is 468 g/mol. The number of ether oxygens (including phenoxy) is 2. The van der Waals surface area contributed by atoms with E-state index in [0.717, 1.165) is 37.2 Å². The first kappa shape index (κ1) is 23.6. The molecule has 0 radical (unpaired) electrons. The van der Waals surface area contributed by atoms with Gasteiger partial charge >= 0.3 is 6.01 Å². The van der Waals surface area contributed by atoms with Crippen LogP contribution in [0.25, 0.3) is 11.4 Å². The van der Waals surface area contributed by atoms with Gasteiger partial charge in [-0.05, 0) is 57.5 Å². The van der Waals surface area contributed by atoms with Crippen LogP contribution in [0.3, 0.4) is 0 Å². The number of methoxy groups -OCH3 is 2. The van der Waals surface area contributed by atoms with Gasteiger partial charge in [0.05, 0.1) is 25.5 Å². The molecule has 2 aromatic heterocycles. The van der Waals surface area contributed by atoms with Crippen molar-refractivity contribution in [2.75, 3.05) is 27.3 Å². The third-order valence-corrected chi connectivity index (χ3v) is 6.93. The van der Waals surface area contributed by atoms with Gasteiger partial charge in [0.15, 0.2) is 5.69 Å². The van der Waals surface area contributed by atoms with Gasteiger partial charge < -0.3 is 24.3 Å². The predicted molar refractivity (Wildman–Crippen MR) is 132 cm³/mol. The number of imidazole rings is 1. The first-order chi connectivity index (χ1) is 16.9. The largest absolute Gasteiger partial charge is 0.480 e. The zero-order chi connectivity index (χ0) is 24.7. The summed E-state index contributed by atoms with van der Waals surface area (Å²) < 4.78 is 12.8. The Kier molecular flexibility index (Phi) is 6.37. The smallest absolute Gasteiger partial charge is 0.319 e. The molecule has 10 heteroatoms. The molecule has 0 saturated carbocycles. The highest BCUT2D eigenvalue weighted by atomic mass is 35.5. The summed E-state index contributed by atoms with van der Waals surface area (Å²) in [4.78, 5) is 29.5. The number of hydrogen-bond donors (Lipinski definition) is 1. The minimum absolute atomic E-state index is 0.0173. The van der Waals surface area contributed by atoms with Crippen LogP contribution in [0.5, 0.6) is 11.9 Å². The van der Waals surface area contributed by atoms with Gasteiger partial charge in [0.1, 0.15) is 11.9 Å². The van der Waals surface area contributed by atoms with Gasteiger partial charge in [-0.1, -0.05) is 23.7 Å². The summed E-state index contributed by atoms with van der Waals surface area (Å²) in [6, 6.07) is 7.81. The molecule has 1 aromatic carbocycles. The molecular formula is C25H29ClN6O3. The lowest BCUT2D eigenvalue weighted by atomic mass is 9.98. The number of amides is 1. The number of halogens is 1. The fourth-order valence-electron chi connectivity index (χ4n) is 5.13. The Morgan fingerprint density at radius 3 is 2.43 bits per heavy atom. The molecule has 1 atom stereocenters. The fraction of sp³-hybridized carbons (Fsp3) is 0.440. The molecule has 1 fully saturated rings. The van der Waals surface area contributed by atoms with Crippen molar-refractivity contribution in [1.29, 1.82) is 0 Å². The van der Waals surface area contributed by atoms with E-state index in [1.165, 1.54) is 7.11 Å². The van der Waals surface area contributed by atoms with Crippen LogP contribution < -0.4 is 14.8 Å². The van der Waals surface area contributed by atoms with E-state index in [4.69, 9.17) is 26.1 Å². The van der Waals surface area contributed by atoms with Crippen molar-refractivity contribution >= 4 is 17.5 Å². The second-order valence-corrected chi connectivity index (χ2v) is 9.50. The van der Waals surface area contributed by atoms with Gasteiger partial charge in [-0.15, -0.1) is 0 Å². The summed E-state index contributed by atoms with van der Waals surface area (Å²) in [5, 5.41) is 4.06. The van der Waals surface area contributed by atoms with Crippen molar-refractivity contribution in [3.8, 4) is 23.3 Å². The molecule has 0 bridgehead atoms. The summed E-state index contributed by atoms with van der Waals surface area (Å²) >= 11 is 6.21. The molecule has 1 unspecified atom stereocenters. The molecule has 1 amide bonds. The first-order valence-corrected chi connectivity index (χ1v) is 12.2. The minimum Gasteiger partial charge on any atom is -0.480 e. The van der Waals surface area contributed by atoms with E-state index in [9.17, 15) is 4.79 Å². The summed E-state index contributed by atoms with van der Waals surface area (Å²) in [7, 11) is 3.05. The van der Waals surface area contributed by atoms with Gasteiger partial charge in [0, 0.05) is 23.3 Å². The number of nitrogens with zero attached hydrogens (tertiary/aromatic N) is 5. The maximum absolute atomic E-state index is 13.9. The molecule has 9 nitrogen and oxygen atoms in total. The van der Waals surface area contributed by atoms with E-state index < -0.39 is 0 Å². The van der Waals surface area contributed by atoms with Crippen molar-refractivity contribution in [2.45, 2.75) is 44.8 Å². The van der Waals surface area contributed by atoms with Crippen LogP contribution in [0.15, 0.2) is 30.5 Å². The van der Waals surface area contributed by atoms with Crippen molar-refractivity contribution in [2.24, 2.45) is 0 Å². The number of fused-ring (bicyclic) bond motifs is 1. The van der Waals surface area contributed by atoms with Gasteiger partial charge in [-0.3, -0.25) is 4.79 Å². The van der Waals surface area contributed by atoms with Crippen LogP contribution in [-0.4, -0.2) is 63.7 Å². The molecule has 4 heterocycles. The Labute approximate surface area is 209 Å². The van der Waals surface area contributed by atoms with Crippen molar-refractivity contribution < 1.29 is 14.3 Å². The quantitative estimate of drug-likeness (QED) is 0.553. The molecule has 2 aliphatic rings. The first-order valence-electron chi connectivity index (χ1n) is 11.8. The van der Waals surface area contributed by atoms with E-state index in [0.29, 0.717) is 28.0 Å². The molecule has 1 N–H and O–H groups in total. The second kappa shape index (κ2) is 9.47. The number of carbonyl (C=O) groups excluding carboxylic acids is 1. The lowest BCUT2D eigenvalue weighted by Crippen LogP contribution is -2.45. The van der Waals surface area contributed by atoms with Crippen LogP contribution in [0, 0.1) is 0 Å². The van der Waals surface area contributed by atoms with Crippen LogP contribution in [0.2, 0.25) is 5.02 Å². The topological polar surface area (TPSA) is 94.4 Å². The van der Waals surface area contributed by atoms with Crippen molar-refractivity contribution in [3.63, 3.8) is 0 Å². The maximum Gasteiger partial charge on any atom is 0.319 e. The number of rotatable bonds is 6. The SMILES string of the molecule is COc1ncc(-c2nc3c(n2C(C)C)C(c2ccc(Cl)cc2)N(C2CCNCC2)C3=O)c(OC)n1. The molecule has 35 heavy (non-hydrogen) atoms. The second-order valence-electron chi connectivity index (χ2n) is 9.06.